The van der Waals surface area contributed by atoms with Gasteiger partial charge in [0.25, 0.3) is 0 Å². The molecule has 5 heteroatoms. The van der Waals surface area contributed by atoms with Crippen molar-refractivity contribution in [2.45, 2.75) is 65.5 Å². The summed E-state index contributed by atoms with van der Waals surface area (Å²) in [6.45, 7) is 18.1. The molecule has 0 bridgehead atoms. The fourth-order valence-corrected chi connectivity index (χ4v) is 4.48. The Morgan fingerprint density at radius 1 is 0.812 bits per heavy atom. The summed E-state index contributed by atoms with van der Waals surface area (Å²) in [6.07, 6.45) is 9.05. The number of aromatic nitrogens is 1. The third-order valence-electron chi connectivity index (χ3n) is 5.26. The van der Waals surface area contributed by atoms with Gasteiger partial charge in [-0.05, 0) is 19.2 Å². The third-order valence-corrected chi connectivity index (χ3v) is 6.61. The second-order valence-corrected chi connectivity index (χ2v) is 12.7. The van der Waals surface area contributed by atoms with E-state index < -0.39 is 0 Å². The zero-order valence-electron chi connectivity index (χ0n) is 20.4. The molecule has 0 spiro atoms. The van der Waals surface area contributed by atoms with Crippen molar-refractivity contribution in [3.05, 3.63) is 70.2 Å². The number of halogens is 2. The van der Waals surface area contributed by atoms with Gasteiger partial charge in [0.15, 0.2) is 0 Å². The molecule has 32 heavy (non-hydrogen) atoms. The standard InChI is InChI=1S/C16H22N.C11H11Si.2ClH.Ti/c1-15(2,3)11-8-7-9-13-14(11)12(10-17-13)16(4,5)6;1-12(2)11-7-9-5-3-4-6-10(9)8-11;;;/h7-9,17H,1-6H3;3-7H,1-2H3;2*1H;/q2*-1;;;+4/p-2. The van der Waals surface area contributed by atoms with Crippen LogP contribution in [-0.4, -0.2) is 18.6 Å². The molecule has 1 aliphatic rings. The number of hydrogen-bond acceptors (Lipinski definition) is 0. The smallest absolute Gasteiger partial charge is 1.00 e. The van der Waals surface area contributed by atoms with E-state index in [0.717, 1.165) is 0 Å². The predicted molar refractivity (Wildman–Crippen MR) is 131 cm³/mol. The minimum absolute atomic E-state index is 0. The summed E-state index contributed by atoms with van der Waals surface area (Å²) in [7, 11) is -0.329. The summed E-state index contributed by atoms with van der Waals surface area (Å²) >= 11 is 0. The van der Waals surface area contributed by atoms with Gasteiger partial charge in [0.1, 0.15) is 0 Å². The molecule has 0 saturated heterocycles. The SMILES string of the molecule is CC(C)(C)c1[c-][nH]c2cccc(C(C)(C)C)c12.C[Si](C)=C1[C-]=c2ccccc2=C1.[Cl-].[Cl-].[Ti+4]. The van der Waals surface area contributed by atoms with Gasteiger partial charge in [0.2, 0.25) is 0 Å². The molecule has 0 atom stereocenters. The summed E-state index contributed by atoms with van der Waals surface area (Å²) in [5.74, 6) is 0. The first kappa shape index (κ1) is 31.1. The zero-order valence-corrected chi connectivity index (χ0v) is 24.4. The number of rotatable bonds is 0. The molecule has 1 aliphatic carbocycles. The van der Waals surface area contributed by atoms with Crippen LogP contribution in [0.3, 0.4) is 0 Å². The van der Waals surface area contributed by atoms with Gasteiger partial charge in [-0.3, -0.25) is 0 Å². The van der Waals surface area contributed by atoms with Crippen LogP contribution in [0.1, 0.15) is 52.7 Å². The summed E-state index contributed by atoms with van der Waals surface area (Å²) < 4.78 is 0. The molecule has 1 nitrogen and oxygen atoms in total. The molecule has 168 valence electrons. The van der Waals surface area contributed by atoms with E-state index in [1.54, 1.807) is 0 Å². The van der Waals surface area contributed by atoms with E-state index in [2.05, 4.69) is 120 Å². The molecule has 1 heterocycles. The monoisotopic (exact) mass is 517 g/mol. The van der Waals surface area contributed by atoms with Crippen LogP contribution in [0.4, 0.5) is 0 Å². The molecule has 1 N–H and O–H groups in total. The van der Waals surface area contributed by atoms with E-state index >= 15 is 0 Å². The summed E-state index contributed by atoms with van der Waals surface area (Å²) in [5.41, 5.74) is 4.17. The number of H-pyrrole nitrogens is 1. The van der Waals surface area contributed by atoms with Crippen LogP contribution >= 0.6 is 0 Å². The van der Waals surface area contributed by atoms with Gasteiger partial charge in [-0.2, -0.15) is 11.3 Å². The number of nitrogens with one attached hydrogen (secondary N) is 1. The van der Waals surface area contributed by atoms with Crippen LogP contribution in [0.15, 0.2) is 42.5 Å². The number of aromatic amines is 1. The van der Waals surface area contributed by atoms with E-state index in [4.69, 9.17) is 0 Å². The van der Waals surface area contributed by atoms with Crippen molar-refractivity contribution in [1.82, 2.24) is 4.98 Å². The maximum atomic E-state index is 3.44. The molecule has 0 saturated carbocycles. The summed E-state index contributed by atoms with van der Waals surface area (Å²) in [4.78, 5) is 3.28. The fourth-order valence-electron chi connectivity index (χ4n) is 3.65. The first-order valence-electron chi connectivity index (χ1n) is 10.4. The molecule has 0 amide bonds. The van der Waals surface area contributed by atoms with Crippen LogP contribution in [0.2, 0.25) is 13.1 Å². The molecular weight excluding hydrogens is 485 g/mol. The number of fused-ring (bicyclic) bond motifs is 2. The molecule has 1 aromatic heterocycles. The fraction of sp³-hybridized carbons (Fsp3) is 0.370. The third kappa shape index (κ3) is 7.05. The molecular formula is C27H33Cl2NSiTi. The summed E-state index contributed by atoms with van der Waals surface area (Å²) in [6, 6.07) is 14.9. The molecule has 0 unspecified atom stereocenters. The molecule has 4 rings (SSSR count). The van der Waals surface area contributed by atoms with Crippen molar-refractivity contribution in [3.63, 3.8) is 0 Å². The Morgan fingerprint density at radius 2 is 1.44 bits per heavy atom. The Balaban J connectivity index is 0.000000573. The number of benzene rings is 2. The van der Waals surface area contributed by atoms with Crippen LogP contribution in [0.5, 0.6) is 0 Å². The first-order valence-corrected chi connectivity index (χ1v) is 12.9. The van der Waals surface area contributed by atoms with Crippen LogP contribution in [0, 0.1) is 6.20 Å². The quantitative estimate of drug-likeness (QED) is 0.297. The maximum absolute atomic E-state index is 3.44. The molecule has 0 fully saturated rings. The van der Waals surface area contributed by atoms with E-state index in [9.17, 15) is 0 Å². The molecule has 0 aliphatic heterocycles. The van der Waals surface area contributed by atoms with Gasteiger partial charge in [-0.1, -0.05) is 78.4 Å². The molecule has 3 aromatic rings. The zero-order chi connectivity index (χ0) is 21.4. The van der Waals surface area contributed by atoms with Crippen molar-refractivity contribution < 1.29 is 46.5 Å². The Labute approximate surface area is 222 Å². The Bertz CT molecular complexity index is 1150. The van der Waals surface area contributed by atoms with Crippen LogP contribution in [-0.2, 0) is 32.5 Å². The van der Waals surface area contributed by atoms with Crippen molar-refractivity contribution in [2.24, 2.45) is 0 Å². The predicted octanol–water partition coefficient (Wildman–Crippen LogP) is -0.785. The van der Waals surface area contributed by atoms with Gasteiger partial charge in [-0.25, -0.2) is 0 Å². The second kappa shape index (κ2) is 12.0. The van der Waals surface area contributed by atoms with Gasteiger partial charge in [0, 0.05) is 0 Å². The van der Waals surface area contributed by atoms with E-state index in [-0.39, 0.29) is 65.8 Å². The average molecular weight is 518 g/mol. The summed E-state index contributed by atoms with van der Waals surface area (Å²) in [5, 5.41) is 5.37. The van der Waals surface area contributed by atoms with Gasteiger partial charge < -0.3 is 29.8 Å². The van der Waals surface area contributed by atoms with Crippen molar-refractivity contribution in [1.29, 1.82) is 0 Å². The van der Waals surface area contributed by atoms with Crippen LogP contribution < -0.4 is 35.3 Å². The van der Waals surface area contributed by atoms with E-state index in [1.165, 1.54) is 37.6 Å². The van der Waals surface area contributed by atoms with Crippen LogP contribution in [0.25, 0.3) is 23.1 Å². The van der Waals surface area contributed by atoms with Crippen molar-refractivity contribution >= 4 is 36.6 Å². The first-order chi connectivity index (χ1) is 13.5. The second-order valence-electron chi connectivity index (χ2n) is 10.1. The van der Waals surface area contributed by atoms with Crippen molar-refractivity contribution in [2.75, 3.05) is 0 Å². The van der Waals surface area contributed by atoms with Crippen molar-refractivity contribution in [3.8, 4) is 0 Å². The Morgan fingerprint density at radius 3 is 1.97 bits per heavy atom. The van der Waals surface area contributed by atoms with E-state index in [1.807, 2.05) is 0 Å². The largest absolute Gasteiger partial charge is 4.00 e. The van der Waals surface area contributed by atoms with Gasteiger partial charge >= 0.3 is 21.7 Å². The van der Waals surface area contributed by atoms with E-state index in [0.29, 0.717) is 0 Å². The normalized spacial score (nSPS) is 12.1. The molecule has 0 radical (unpaired) electrons. The maximum Gasteiger partial charge on any atom is 4.00 e. The Hall–Kier alpha value is -0.899. The minimum Gasteiger partial charge on any atom is -1.00 e. The molecule has 2 aromatic carbocycles. The Kier molecular flexibility index (Phi) is 11.7. The topological polar surface area (TPSA) is 15.8 Å². The minimum atomic E-state index is -0.329. The van der Waals surface area contributed by atoms with Gasteiger partial charge in [-0.15, -0.1) is 63.4 Å². The van der Waals surface area contributed by atoms with Gasteiger partial charge in [0.05, 0.1) is 0 Å². The average Bonchev–Trinajstić information content (AvgIpc) is 3.25. The number of hydrogen-bond donors (Lipinski definition) is 1.